The molecule has 0 aliphatic heterocycles. The molecule has 0 atom stereocenters. The van der Waals surface area contributed by atoms with Gasteiger partial charge in [-0.15, -0.1) is 0 Å². The molecule has 1 aliphatic carbocycles. The van der Waals surface area contributed by atoms with Crippen LogP contribution >= 0.6 is 0 Å². The largest absolute Gasteiger partial charge is 0.493 e. The van der Waals surface area contributed by atoms with Gasteiger partial charge in [0, 0.05) is 17.7 Å². The Kier molecular flexibility index (Phi) is 7.74. The molecule has 4 heteroatoms. The molecule has 0 aromatic heterocycles. The molecule has 0 saturated carbocycles. The summed E-state index contributed by atoms with van der Waals surface area (Å²) < 4.78 is 11.6. The van der Waals surface area contributed by atoms with E-state index in [0.717, 1.165) is 23.5 Å². The van der Waals surface area contributed by atoms with Crippen LogP contribution in [0.1, 0.15) is 60.5 Å². The maximum Gasteiger partial charge on any atom is 0.251 e. The lowest BCUT2D eigenvalue weighted by molar-refractivity contribution is 0.0954. The van der Waals surface area contributed by atoms with Gasteiger partial charge in [-0.3, -0.25) is 4.79 Å². The summed E-state index contributed by atoms with van der Waals surface area (Å²) in [5.41, 5.74) is 4.16. The van der Waals surface area contributed by atoms with Crippen molar-refractivity contribution in [3.8, 4) is 11.5 Å². The van der Waals surface area contributed by atoms with Crippen molar-refractivity contribution in [2.75, 3.05) is 13.2 Å². The average molecular weight is 394 g/mol. The number of hydrogen-bond donors (Lipinski definition) is 1. The Hall–Kier alpha value is -2.75. The van der Waals surface area contributed by atoms with E-state index in [9.17, 15) is 4.79 Å². The second kappa shape index (κ2) is 10.7. The lowest BCUT2D eigenvalue weighted by Gasteiger charge is -2.15. The van der Waals surface area contributed by atoms with Crippen LogP contribution in [0.5, 0.6) is 11.5 Å². The third kappa shape index (κ3) is 6.38. The van der Waals surface area contributed by atoms with Gasteiger partial charge in [-0.2, -0.15) is 0 Å². The summed E-state index contributed by atoms with van der Waals surface area (Å²) in [6, 6.07) is 13.5. The fourth-order valence-corrected chi connectivity index (χ4v) is 3.50. The van der Waals surface area contributed by atoms with Gasteiger partial charge in [0.1, 0.15) is 18.1 Å². The highest BCUT2D eigenvalue weighted by Crippen LogP contribution is 2.23. The van der Waals surface area contributed by atoms with E-state index in [1.807, 2.05) is 56.3 Å². The van der Waals surface area contributed by atoms with Gasteiger partial charge >= 0.3 is 0 Å². The van der Waals surface area contributed by atoms with Gasteiger partial charge in [0.25, 0.3) is 5.91 Å². The molecule has 0 heterocycles. The summed E-state index contributed by atoms with van der Waals surface area (Å²) in [5, 5.41) is 3.04. The van der Waals surface area contributed by atoms with Crippen LogP contribution in [0.3, 0.4) is 0 Å². The first-order valence-corrected chi connectivity index (χ1v) is 10.6. The predicted molar refractivity (Wildman–Crippen MR) is 117 cm³/mol. The molecule has 3 rings (SSSR count). The highest BCUT2D eigenvalue weighted by molar-refractivity contribution is 5.94. The molecule has 0 fully saturated rings. The third-order valence-corrected chi connectivity index (χ3v) is 5.15. The van der Waals surface area contributed by atoms with Crippen molar-refractivity contribution >= 4 is 5.91 Å². The standard InChI is InChI=1S/C25H31NO3/c1-3-28-24-14-11-21(25(27)26-16-15-20-7-5-4-6-8-20)17-22(24)18-29-23-12-9-19(2)10-13-23/h7,9-14,17H,3-6,8,15-16,18H2,1-2H3,(H,26,27). The fraction of sp³-hybridized carbons (Fsp3) is 0.400. The minimum absolute atomic E-state index is 0.0546. The maximum absolute atomic E-state index is 12.6. The molecule has 2 aromatic rings. The second-order valence-corrected chi connectivity index (χ2v) is 7.47. The Bertz CT molecular complexity index is 840. The van der Waals surface area contributed by atoms with Gasteiger partial charge in [0.15, 0.2) is 0 Å². The lowest BCUT2D eigenvalue weighted by Crippen LogP contribution is -2.25. The molecule has 1 N–H and O–H groups in total. The molecule has 0 bridgehead atoms. The SMILES string of the molecule is CCOc1ccc(C(=O)NCCC2=CCCCC2)cc1COc1ccc(C)cc1. The van der Waals surface area contributed by atoms with E-state index in [1.165, 1.54) is 36.8 Å². The first kappa shape index (κ1) is 21.0. The van der Waals surface area contributed by atoms with Crippen LogP contribution in [0.4, 0.5) is 0 Å². The van der Waals surface area contributed by atoms with Crippen LogP contribution in [0.25, 0.3) is 0 Å². The molecule has 0 spiro atoms. The first-order valence-electron chi connectivity index (χ1n) is 10.6. The van der Waals surface area contributed by atoms with Gasteiger partial charge in [0.05, 0.1) is 6.61 Å². The van der Waals surface area contributed by atoms with Gasteiger partial charge in [0.2, 0.25) is 0 Å². The molecule has 29 heavy (non-hydrogen) atoms. The number of hydrogen-bond acceptors (Lipinski definition) is 3. The van der Waals surface area contributed by atoms with Gasteiger partial charge < -0.3 is 14.8 Å². The van der Waals surface area contributed by atoms with E-state index in [2.05, 4.69) is 11.4 Å². The smallest absolute Gasteiger partial charge is 0.251 e. The molecule has 154 valence electrons. The highest BCUT2D eigenvalue weighted by Gasteiger charge is 2.12. The van der Waals surface area contributed by atoms with Crippen molar-refractivity contribution in [1.29, 1.82) is 0 Å². The van der Waals surface area contributed by atoms with E-state index in [4.69, 9.17) is 9.47 Å². The Balaban J connectivity index is 1.62. The van der Waals surface area contributed by atoms with Crippen LogP contribution in [0.15, 0.2) is 54.1 Å². The molecular weight excluding hydrogens is 362 g/mol. The fourth-order valence-electron chi connectivity index (χ4n) is 3.50. The van der Waals surface area contributed by atoms with Crippen LogP contribution in [0, 0.1) is 6.92 Å². The summed E-state index contributed by atoms with van der Waals surface area (Å²) in [5.74, 6) is 1.50. The Morgan fingerprint density at radius 3 is 2.62 bits per heavy atom. The Labute approximate surface area is 173 Å². The molecule has 4 nitrogen and oxygen atoms in total. The Morgan fingerprint density at radius 2 is 1.90 bits per heavy atom. The molecule has 0 unspecified atom stereocenters. The number of aryl methyl sites for hydroxylation is 1. The normalized spacial score (nSPS) is 13.5. The van der Waals surface area contributed by atoms with Crippen LogP contribution in [-0.4, -0.2) is 19.1 Å². The van der Waals surface area contributed by atoms with Crippen LogP contribution in [0.2, 0.25) is 0 Å². The number of allylic oxidation sites excluding steroid dienone is 1. The summed E-state index contributed by atoms with van der Waals surface area (Å²) in [6.45, 7) is 5.59. The maximum atomic E-state index is 12.6. The molecule has 0 radical (unpaired) electrons. The zero-order valence-corrected chi connectivity index (χ0v) is 17.5. The summed E-state index contributed by atoms with van der Waals surface area (Å²) >= 11 is 0. The molecule has 0 saturated heterocycles. The van der Waals surface area contributed by atoms with Gasteiger partial charge in [-0.25, -0.2) is 0 Å². The number of carbonyl (C=O) groups is 1. The van der Waals surface area contributed by atoms with Gasteiger partial charge in [-0.1, -0.05) is 29.3 Å². The number of carbonyl (C=O) groups excluding carboxylic acids is 1. The number of rotatable bonds is 9. The van der Waals surface area contributed by atoms with Crippen molar-refractivity contribution in [2.24, 2.45) is 0 Å². The molecule has 1 amide bonds. The summed E-state index contributed by atoms with van der Waals surface area (Å²) in [7, 11) is 0. The average Bonchev–Trinajstić information content (AvgIpc) is 2.75. The number of nitrogens with one attached hydrogen (secondary N) is 1. The van der Waals surface area contributed by atoms with E-state index >= 15 is 0 Å². The zero-order chi connectivity index (χ0) is 20.5. The number of amides is 1. The molecule has 2 aromatic carbocycles. The van der Waals surface area contributed by atoms with E-state index in [0.29, 0.717) is 25.3 Å². The molecular formula is C25H31NO3. The van der Waals surface area contributed by atoms with E-state index in [1.54, 1.807) is 0 Å². The summed E-state index contributed by atoms with van der Waals surface area (Å²) in [6.07, 6.45) is 8.16. The minimum Gasteiger partial charge on any atom is -0.493 e. The minimum atomic E-state index is -0.0546. The predicted octanol–water partition coefficient (Wildman–Crippen LogP) is 5.59. The highest BCUT2D eigenvalue weighted by atomic mass is 16.5. The molecule has 1 aliphatic rings. The van der Waals surface area contributed by atoms with E-state index < -0.39 is 0 Å². The number of ether oxygens (including phenoxy) is 2. The lowest BCUT2D eigenvalue weighted by atomic mass is 9.97. The summed E-state index contributed by atoms with van der Waals surface area (Å²) in [4.78, 5) is 12.6. The number of benzene rings is 2. The van der Waals surface area contributed by atoms with Crippen molar-refractivity contribution < 1.29 is 14.3 Å². The van der Waals surface area contributed by atoms with Crippen LogP contribution in [-0.2, 0) is 6.61 Å². The van der Waals surface area contributed by atoms with Crippen molar-refractivity contribution in [3.05, 3.63) is 70.8 Å². The Morgan fingerprint density at radius 1 is 1.07 bits per heavy atom. The topological polar surface area (TPSA) is 47.6 Å². The van der Waals surface area contributed by atoms with Crippen molar-refractivity contribution in [3.63, 3.8) is 0 Å². The van der Waals surface area contributed by atoms with Crippen molar-refractivity contribution in [2.45, 2.75) is 52.6 Å². The van der Waals surface area contributed by atoms with Crippen molar-refractivity contribution in [1.82, 2.24) is 5.32 Å². The zero-order valence-electron chi connectivity index (χ0n) is 17.5. The monoisotopic (exact) mass is 393 g/mol. The second-order valence-electron chi connectivity index (χ2n) is 7.47. The van der Waals surface area contributed by atoms with Gasteiger partial charge in [-0.05, 0) is 76.3 Å². The van der Waals surface area contributed by atoms with E-state index in [-0.39, 0.29) is 5.91 Å². The quantitative estimate of drug-likeness (QED) is 0.565. The van der Waals surface area contributed by atoms with Crippen LogP contribution < -0.4 is 14.8 Å². The first-order chi connectivity index (χ1) is 14.2. The third-order valence-electron chi connectivity index (χ3n) is 5.15.